The van der Waals surface area contributed by atoms with Gasteiger partial charge in [0.1, 0.15) is 5.92 Å². The second kappa shape index (κ2) is 4.86. The van der Waals surface area contributed by atoms with Gasteiger partial charge in [0, 0.05) is 5.02 Å². The Bertz CT molecular complexity index is 495. The summed E-state index contributed by atoms with van der Waals surface area (Å²) in [5, 5.41) is 9.87. The van der Waals surface area contributed by atoms with Crippen LogP contribution >= 0.6 is 11.6 Å². The van der Waals surface area contributed by atoms with Crippen LogP contribution in [0.4, 0.5) is 5.69 Å². The van der Waals surface area contributed by atoms with Gasteiger partial charge in [0.05, 0.1) is 23.6 Å². The van der Waals surface area contributed by atoms with Gasteiger partial charge >= 0.3 is 0 Å². The van der Waals surface area contributed by atoms with Crippen LogP contribution in [0.2, 0.25) is 5.02 Å². The number of pyridine rings is 1. The predicted octanol–water partition coefficient (Wildman–Crippen LogP) is 2.97. The van der Waals surface area contributed by atoms with Crippen LogP contribution in [0.25, 0.3) is 0 Å². The van der Waals surface area contributed by atoms with E-state index in [4.69, 9.17) is 17.3 Å². The zero-order valence-electron chi connectivity index (χ0n) is 8.97. The van der Waals surface area contributed by atoms with Crippen molar-refractivity contribution in [1.29, 1.82) is 5.26 Å². The largest absolute Gasteiger partial charge is 0.397 e. The molecule has 2 N–H and O–H groups in total. The predicted molar refractivity (Wildman–Crippen MR) is 67.6 cm³/mol. The number of benzene rings is 1. The molecule has 0 fully saturated rings. The number of halogens is 1. The van der Waals surface area contributed by atoms with Gasteiger partial charge in [-0.2, -0.15) is 5.26 Å². The van der Waals surface area contributed by atoms with E-state index < -0.39 is 5.92 Å². The molecule has 0 bridgehead atoms. The molecule has 1 unspecified atom stereocenters. The molecule has 0 aliphatic rings. The summed E-state index contributed by atoms with van der Waals surface area (Å²) in [5.41, 5.74) is 7.70. The zero-order chi connectivity index (χ0) is 12.3. The number of rotatable bonds is 2. The molecule has 1 atom stereocenters. The molecule has 2 rings (SSSR count). The van der Waals surface area contributed by atoms with E-state index >= 15 is 0 Å². The van der Waals surface area contributed by atoms with Crippen molar-refractivity contribution in [2.75, 3.05) is 5.73 Å². The van der Waals surface area contributed by atoms with Gasteiger partial charge in [-0.05, 0) is 29.8 Å². The highest BCUT2D eigenvalue weighted by atomic mass is 35.5. The average Bonchev–Trinajstić information content (AvgIpc) is 2.35. The van der Waals surface area contributed by atoms with Crippen molar-refractivity contribution in [3.63, 3.8) is 0 Å². The van der Waals surface area contributed by atoms with Gasteiger partial charge < -0.3 is 5.73 Å². The summed E-state index contributed by atoms with van der Waals surface area (Å²) in [6.07, 6.45) is 1.55. The Hall–Kier alpha value is -2.05. The summed E-state index contributed by atoms with van der Waals surface area (Å²) >= 11 is 5.81. The number of hydrogen-bond acceptors (Lipinski definition) is 3. The van der Waals surface area contributed by atoms with Crippen molar-refractivity contribution in [2.24, 2.45) is 0 Å². The smallest absolute Gasteiger partial charge is 0.113 e. The van der Waals surface area contributed by atoms with Crippen molar-refractivity contribution in [1.82, 2.24) is 4.98 Å². The Morgan fingerprint density at radius 1 is 1.18 bits per heavy atom. The number of nitriles is 1. The normalized spacial score (nSPS) is 11.8. The maximum absolute atomic E-state index is 9.22. The molecule has 3 nitrogen and oxygen atoms in total. The fourth-order valence-electron chi connectivity index (χ4n) is 1.55. The van der Waals surface area contributed by atoms with Crippen LogP contribution in [-0.2, 0) is 0 Å². The summed E-state index contributed by atoms with van der Waals surface area (Å²) in [4.78, 5) is 4.17. The monoisotopic (exact) mass is 243 g/mol. The number of nitrogen functional groups attached to an aromatic ring is 1. The number of nitrogens with zero attached hydrogens (tertiary/aromatic N) is 2. The summed E-state index contributed by atoms with van der Waals surface area (Å²) in [7, 11) is 0. The highest BCUT2D eigenvalue weighted by Gasteiger charge is 2.14. The van der Waals surface area contributed by atoms with Gasteiger partial charge in [-0.3, -0.25) is 4.98 Å². The van der Waals surface area contributed by atoms with Crippen LogP contribution in [0, 0.1) is 11.3 Å². The van der Waals surface area contributed by atoms with Crippen molar-refractivity contribution in [2.45, 2.75) is 5.92 Å². The van der Waals surface area contributed by atoms with Crippen molar-refractivity contribution >= 4 is 17.3 Å². The molecule has 0 saturated heterocycles. The van der Waals surface area contributed by atoms with Gasteiger partial charge in [-0.15, -0.1) is 0 Å². The second-order valence-electron chi connectivity index (χ2n) is 3.63. The third kappa shape index (κ3) is 2.55. The molecule has 1 aromatic carbocycles. The van der Waals surface area contributed by atoms with Gasteiger partial charge in [0.15, 0.2) is 0 Å². The number of hydrogen-bond donors (Lipinski definition) is 1. The second-order valence-corrected chi connectivity index (χ2v) is 4.07. The highest BCUT2D eigenvalue weighted by Crippen LogP contribution is 2.24. The van der Waals surface area contributed by atoms with Crippen molar-refractivity contribution < 1.29 is 0 Å². The molecule has 0 aliphatic carbocycles. The molecule has 0 amide bonds. The molecule has 84 valence electrons. The van der Waals surface area contributed by atoms with E-state index in [1.54, 1.807) is 30.5 Å². The molecule has 1 heterocycles. The number of nitrogens with two attached hydrogens (primary N) is 1. The summed E-state index contributed by atoms with van der Waals surface area (Å²) in [6.45, 7) is 0. The van der Waals surface area contributed by atoms with Crippen molar-refractivity contribution in [3.05, 3.63) is 58.9 Å². The third-order valence-electron chi connectivity index (χ3n) is 2.44. The Labute approximate surface area is 104 Å². The first-order chi connectivity index (χ1) is 8.20. The first-order valence-corrected chi connectivity index (χ1v) is 5.45. The van der Waals surface area contributed by atoms with E-state index in [0.29, 0.717) is 16.4 Å². The molecule has 0 spiro atoms. The molecule has 0 saturated carbocycles. The molecule has 2 aromatic rings. The Balaban J connectivity index is 2.37. The van der Waals surface area contributed by atoms with E-state index in [1.165, 1.54) is 0 Å². The minimum atomic E-state index is -0.395. The van der Waals surface area contributed by atoms with Crippen LogP contribution in [0.15, 0.2) is 42.6 Å². The molecule has 17 heavy (non-hydrogen) atoms. The lowest BCUT2D eigenvalue weighted by molar-refractivity contribution is 0.967. The maximum atomic E-state index is 9.22. The number of aromatic nitrogens is 1. The number of anilines is 1. The molecule has 0 aliphatic heterocycles. The summed E-state index contributed by atoms with van der Waals surface area (Å²) in [6, 6.07) is 12.9. The Morgan fingerprint density at radius 2 is 1.88 bits per heavy atom. The zero-order valence-corrected chi connectivity index (χ0v) is 9.72. The standard InChI is InChI=1S/C13H10ClN3/c14-10-3-1-9(2-4-10)12(7-15)13-6-5-11(16)8-17-13/h1-6,8,12H,16H2. The fourth-order valence-corrected chi connectivity index (χ4v) is 1.68. The molecule has 0 radical (unpaired) electrons. The van der Waals surface area contributed by atoms with Gasteiger partial charge in [0.2, 0.25) is 0 Å². The van der Waals surface area contributed by atoms with Gasteiger partial charge in [-0.1, -0.05) is 23.7 Å². The summed E-state index contributed by atoms with van der Waals surface area (Å²) < 4.78 is 0. The SMILES string of the molecule is N#CC(c1ccc(Cl)cc1)c1ccc(N)cn1. The van der Waals surface area contributed by atoms with Crippen LogP contribution in [-0.4, -0.2) is 4.98 Å². The summed E-state index contributed by atoms with van der Waals surface area (Å²) in [5.74, 6) is -0.395. The molecular formula is C13H10ClN3. The van der Waals surface area contributed by atoms with E-state index in [2.05, 4.69) is 11.1 Å². The van der Waals surface area contributed by atoms with E-state index in [-0.39, 0.29) is 0 Å². The van der Waals surface area contributed by atoms with Crippen molar-refractivity contribution in [3.8, 4) is 6.07 Å². The highest BCUT2D eigenvalue weighted by molar-refractivity contribution is 6.30. The van der Waals surface area contributed by atoms with Crippen LogP contribution in [0.3, 0.4) is 0 Å². The van der Waals surface area contributed by atoms with E-state index in [9.17, 15) is 5.26 Å². The quantitative estimate of drug-likeness (QED) is 0.882. The third-order valence-corrected chi connectivity index (χ3v) is 2.69. The molecular weight excluding hydrogens is 234 g/mol. The van der Waals surface area contributed by atoms with Gasteiger partial charge in [-0.25, -0.2) is 0 Å². The Kier molecular flexibility index (Phi) is 3.27. The first-order valence-electron chi connectivity index (χ1n) is 5.07. The molecule has 1 aromatic heterocycles. The topological polar surface area (TPSA) is 62.7 Å². The lowest BCUT2D eigenvalue weighted by atomic mass is 9.97. The van der Waals surface area contributed by atoms with Crippen LogP contribution in [0.5, 0.6) is 0 Å². The van der Waals surface area contributed by atoms with Crippen LogP contribution < -0.4 is 5.73 Å². The van der Waals surface area contributed by atoms with Crippen LogP contribution in [0.1, 0.15) is 17.2 Å². The first kappa shape index (κ1) is 11.4. The minimum absolute atomic E-state index is 0.395. The maximum Gasteiger partial charge on any atom is 0.113 e. The van der Waals surface area contributed by atoms with Gasteiger partial charge in [0.25, 0.3) is 0 Å². The fraction of sp³-hybridized carbons (Fsp3) is 0.0769. The lowest BCUT2D eigenvalue weighted by Gasteiger charge is -2.09. The minimum Gasteiger partial charge on any atom is -0.397 e. The average molecular weight is 244 g/mol. The van der Waals surface area contributed by atoms with E-state index in [1.807, 2.05) is 12.1 Å². The Morgan fingerprint density at radius 3 is 2.41 bits per heavy atom. The van der Waals surface area contributed by atoms with E-state index in [0.717, 1.165) is 5.56 Å². The molecule has 4 heteroatoms. The lowest BCUT2D eigenvalue weighted by Crippen LogP contribution is -2.01.